The van der Waals surface area contributed by atoms with Crippen LogP contribution in [0.2, 0.25) is 0 Å². The SMILES string of the molecule is COCc1ccc(C(=O)N[C@H](CO)C(=O)O)cc1. The number of hydrogen-bond acceptors (Lipinski definition) is 4. The van der Waals surface area contributed by atoms with E-state index >= 15 is 0 Å². The third-order valence-electron chi connectivity index (χ3n) is 2.31. The van der Waals surface area contributed by atoms with Crippen LogP contribution in [0.5, 0.6) is 0 Å². The topological polar surface area (TPSA) is 95.9 Å². The van der Waals surface area contributed by atoms with Gasteiger partial charge in [-0.25, -0.2) is 4.79 Å². The molecular weight excluding hydrogens is 238 g/mol. The van der Waals surface area contributed by atoms with E-state index in [4.69, 9.17) is 14.9 Å². The second-order valence-corrected chi connectivity index (χ2v) is 3.68. The third-order valence-corrected chi connectivity index (χ3v) is 2.31. The summed E-state index contributed by atoms with van der Waals surface area (Å²) in [4.78, 5) is 22.3. The molecule has 0 aliphatic heterocycles. The van der Waals surface area contributed by atoms with Crippen molar-refractivity contribution in [2.45, 2.75) is 12.6 Å². The van der Waals surface area contributed by atoms with Crippen molar-refractivity contribution in [3.05, 3.63) is 35.4 Å². The van der Waals surface area contributed by atoms with Crippen LogP contribution in [0, 0.1) is 0 Å². The van der Waals surface area contributed by atoms with E-state index in [2.05, 4.69) is 5.32 Å². The Labute approximate surface area is 104 Å². The highest BCUT2D eigenvalue weighted by atomic mass is 16.5. The van der Waals surface area contributed by atoms with Crippen molar-refractivity contribution in [3.63, 3.8) is 0 Å². The van der Waals surface area contributed by atoms with Crippen molar-refractivity contribution in [1.82, 2.24) is 5.32 Å². The average molecular weight is 253 g/mol. The van der Waals surface area contributed by atoms with Gasteiger partial charge in [-0.2, -0.15) is 0 Å². The lowest BCUT2D eigenvalue weighted by Gasteiger charge is -2.11. The first kappa shape index (κ1) is 14.1. The molecule has 18 heavy (non-hydrogen) atoms. The van der Waals surface area contributed by atoms with E-state index < -0.39 is 24.5 Å². The van der Waals surface area contributed by atoms with Gasteiger partial charge in [0, 0.05) is 12.7 Å². The molecule has 1 rings (SSSR count). The standard InChI is InChI=1S/C12H15NO5/c1-18-7-8-2-4-9(5-3-8)11(15)13-10(6-14)12(16)17/h2-5,10,14H,6-7H2,1H3,(H,13,15)(H,16,17)/t10-/m1/s1. The number of aliphatic carboxylic acids is 1. The fourth-order valence-electron chi connectivity index (χ4n) is 1.35. The zero-order valence-electron chi connectivity index (χ0n) is 9.92. The molecule has 6 heteroatoms. The number of amides is 1. The number of nitrogens with one attached hydrogen (secondary N) is 1. The third kappa shape index (κ3) is 3.83. The van der Waals surface area contributed by atoms with E-state index in [-0.39, 0.29) is 0 Å². The molecule has 1 aromatic carbocycles. The maximum absolute atomic E-state index is 11.7. The van der Waals surface area contributed by atoms with Crippen LogP contribution in [-0.2, 0) is 16.1 Å². The molecule has 0 radical (unpaired) electrons. The highest BCUT2D eigenvalue weighted by molar-refractivity contribution is 5.96. The number of carbonyl (C=O) groups excluding carboxylic acids is 1. The Bertz CT molecular complexity index is 415. The maximum atomic E-state index is 11.7. The molecule has 0 unspecified atom stereocenters. The molecule has 0 aromatic heterocycles. The molecule has 1 atom stereocenters. The lowest BCUT2D eigenvalue weighted by atomic mass is 10.1. The molecule has 0 fully saturated rings. The molecule has 0 heterocycles. The largest absolute Gasteiger partial charge is 0.480 e. The van der Waals surface area contributed by atoms with E-state index in [0.717, 1.165) is 5.56 Å². The summed E-state index contributed by atoms with van der Waals surface area (Å²) < 4.78 is 4.93. The zero-order valence-corrected chi connectivity index (χ0v) is 9.92. The molecule has 0 aliphatic rings. The van der Waals surface area contributed by atoms with E-state index in [0.29, 0.717) is 12.2 Å². The molecule has 6 nitrogen and oxygen atoms in total. The summed E-state index contributed by atoms with van der Waals surface area (Å²) in [5, 5.41) is 19.7. The Morgan fingerprint density at radius 1 is 1.33 bits per heavy atom. The van der Waals surface area contributed by atoms with Gasteiger partial charge >= 0.3 is 5.97 Å². The highest BCUT2D eigenvalue weighted by Gasteiger charge is 2.19. The monoisotopic (exact) mass is 253 g/mol. The smallest absolute Gasteiger partial charge is 0.328 e. The molecule has 0 bridgehead atoms. The van der Waals surface area contributed by atoms with Gasteiger partial charge in [-0.15, -0.1) is 0 Å². The van der Waals surface area contributed by atoms with Gasteiger partial charge < -0.3 is 20.3 Å². The van der Waals surface area contributed by atoms with E-state index in [1.54, 1.807) is 31.4 Å². The number of carboxylic acid groups (broad SMARTS) is 1. The van der Waals surface area contributed by atoms with Crippen LogP contribution in [0.25, 0.3) is 0 Å². The van der Waals surface area contributed by atoms with Crippen molar-refractivity contribution in [2.75, 3.05) is 13.7 Å². The van der Waals surface area contributed by atoms with Crippen molar-refractivity contribution < 1.29 is 24.5 Å². The minimum atomic E-state index is -1.30. The fourth-order valence-corrected chi connectivity index (χ4v) is 1.35. The molecule has 1 amide bonds. The summed E-state index contributed by atoms with van der Waals surface area (Å²) in [5.74, 6) is -1.82. The number of aliphatic hydroxyl groups is 1. The number of aliphatic hydroxyl groups excluding tert-OH is 1. The summed E-state index contributed by atoms with van der Waals surface area (Å²) >= 11 is 0. The van der Waals surface area contributed by atoms with Crippen molar-refractivity contribution in [3.8, 4) is 0 Å². The Morgan fingerprint density at radius 2 is 1.94 bits per heavy atom. The van der Waals surface area contributed by atoms with E-state index in [9.17, 15) is 9.59 Å². The number of ether oxygens (including phenoxy) is 1. The quantitative estimate of drug-likeness (QED) is 0.663. The van der Waals surface area contributed by atoms with Crippen molar-refractivity contribution in [2.24, 2.45) is 0 Å². The average Bonchev–Trinajstić information content (AvgIpc) is 2.36. The first-order valence-corrected chi connectivity index (χ1v) is 5.31. The number of benzene rings is 1. The number of carbonyl (C=O) groups is 2. The predicted octanol–water partition coefficient (Wildman–Crippen LogP) is 0.00830. The summed E-state index contributed by atoms with van der Waals surface area (Å²) in [7, 11) is 1.57. The molecule has 0 spiro atoms. The van der Waals surface area contributed by atoms with Gasteiger partial charge in [-0.1, -0.05) is 12.1 Å². The van der Waals surface area contributed by atoms with Crippen LogP contribution in [0.15, 0.2) is 24.3 Å². The van der Waals surface area contributed by atoms with Crippen LogP contribution in [0.4, 0.5) is 0 Å². The predicted molar refractivity (Wildman–Crippen MR) is 63.1 cm³/mol. The van der Waals surface area contributed by atoms with Gasteiger partial charge in [0.2, 0.25) is 0 Å². The van der Waals surface area contributed by atoms with Crippen LogP contribution in [0.1, 0.15) is 15.9 Å². The van der Waals surface area contributed by atoms with Gasteiger partial charge in [0.1, 0.15) is 0 Å². The van der Waals surface area contributed by atoms with Gasteiger partial charge in [-0.3, -0.25) is 4.79 Å². The fraction of sp³-hybridized carbons (Fsp3) is 0.333. The second-order valence-electron chi connectivity index (χ2n) is 3.68. The van der Waals surface area contributed by atoms with Crippen LogP contribution >= 0.6 is 0 Å². The van der Waals surface area contributed by atoms with Crippen LogP contribution in [-0.4, -0.2) is 41.8 Å². The number of carboxylic acids is 1. The van der Waals surface area contributed by atoms with E-state index in [1.165, 1.54) is 0 Å². The maximum Gasteiger partial charge on any atom is 0.328 e. The first-order chi connectivity index (χ1) is 8.58. The van der Waals surface area contributed by atoms with Crippen molar-refractivity contribution in [1.29, 1.82) is 0 Å². The van der Waals surface area contributed by atoms with Gasteiger partial charge in [0.15, 0.2) is 6.04 Å². The molecule has 0 saturated heterocycles. The lowest BCUT2D eigenvalue weighted by Crippen LogP contribution is -2.43. The lowest BCUT2D eigenvalue weighted by molar-refractivity contribution is -0.140. The Hall–Kier alpha value is -1.92. The molecule has 3 N–H and O–H groups in total. The first-order valence-electron chi connectivity index (χ1n) is 5.31. The molecule has 98 valence electrons. The van der Waals surface area contributed by atoms with Crippen LogP contribution in [0.3, 0.4) is 0 Å². The minimum absolute atomic E-state index is 0.328. The Kier molecular flexibility index (Phi) is 5.29. The molecule has 0 saturated carbocycles. The molecular formula is C12H15NO5. The van der Waals surface area contributed by atoms with Crippen molar-refractivity contribution >= 4 is 11.9 Å². The number of rotatable bonds is 6. The summed E-state index contributed by atoms with van der Waals surface area (Å²) in [6, 6.07) is 5.27. The zero-order chi connectivity index (χ0) is 13.5. The summed E-state index contributed by atoms with van der Waals surface area (Å²) in [6.07, 6.45) is 0. The number of methoxy groups -OCH3 is 1. The van der Waals surface area contributed by atoms with E-state index in [1.807, 2.05) is 0 Å². The highest BCUT2D eigenvalue weighted by Crippen LogP contribution is 2.05. The van der Waals surface area contributed by atoms with Gasteiger partial charge in [0.25, 0.3) is 5.91 Å². The van der Waals surface area contributed by atoms with Crippen LogP contribution < -0.4 is 5.32 Å². The van der Waals surface area contributed by atoms with Gasteiger partial charge in [0.05, 0.1) is 13.2 Å². The molecule has 0 aliphatic carbocycles. The molecule has 1 aromatic rings. The normalized spacial score (nSPS) is 11.9. The summed E-state index contributed by atoms with van der Waals surface area (Å²) in [5.41, 5.74) is 1.24. The second kappa shape index (κ2) is 6.73. The minimum Gasteiger partial charge on any atom is -0.480 e. The summed E-state index contributed by atoms with van der Waals surface area (Å²) in [6.45, 7) is -0.209. The number of hydrogen-bond donors (Lipinski definition) is 3. The van der Waals surface area contributed by atoms with Gasteiger partial charge in [-0.05, 0) is 17.7 Å². The Balaban J connectivity index is 2.69. The Morgan fingerprint density at radius 3 is 2.39 bits per heavy atom.